The van der Waals surface area contributed by atoms with Crippen molar-refractivity contribution in [3.8, 4) is 0 Å². The lowest BCUT2D eigenvalue weighted by molar-refractivity contribution is -0.132. The quantitative estimate of drug-likeness (QED) is 0.762. The van der Waals surface area contributed by atoms with Crippen molar-refractivity contribution in [3.05, 3.63) is 0 Å². The van der Waals surface area contributed by atoms with Gasteiger partial charge in [0.1, 0.15) is 0 Å². The van der Waals surface area contributed by atoms with E-state index in [1.165, 1.54) is 10.6 Å². The van der Waals surface area contributed by atoms with Gasteiger partial charge in [0.15, 0.2) is 0 Å². The Bertz CT molecular complexity index is 499. The summed E-state index contributed by atoms with van der Waals surface area (Å²) in [6.45, 7) is 8.75. The van der Waals surface area contributed by atoms with E-state index in [9.17, 15) is 13.2 Å². The molecular weight excluding hydrogens is 314 g/mol. The van der Waals surface area contributed by atoms with Crippen LogP contribution in [-0.2, 0) is 14.8 Å². The molecule has 2 aliphatic rings. The highest BCUT2D eigenvalue weighted by molar-refractivity contribution is 7.88. The van der Waals surface area contributed by atoms with Crippen LogP contribution in [0.15, 0.2) is 0 Å². The summed E-state index contributed by atoms with van der Waals surface area (Å²) in [6, 6.07) is 0.583. The van der Waals surface area contributed by atoms with Crippen LogP contribution in [0.2, 0.25) is 0 Å². The van der Waals surface area contributed by atoms with E-state index in [0.29, 0.717) is 44.6 Å². The minimum Gasteiger partial charge on any atom is -0.341 e. The van der Waals surface area contributed by atoms with E-state index in [1.54, 1.807) is 0 Å². The molecule has 1 amide bonds. The highest BCUT2D eigenvalue weighted by Crippen LogP contribution is 2.23. The van der Waals surface area contributed by atoms with Gasteiger partial charge in [0.05, 0.1) is 6.26 Å². The average Bonchev–Trinajstić information content (AvgIpc) is 2.73. The van der Waals surface area contributed by atoms with Gasteiger partial charge in [0, 0.05) is 38.6 Å². The monoisotopic (exact) mass is 345 g/mol. The first-order chi connectivity index (χ1) is 10.8. The number of hydrogen-bond acceptors (Lipinski definition) is 4. The first-order valence-electron chi connectivity index (χ1n) is 8.74. The zero-order valence-electron chi connectivity index (χ0n) is 14.7. The maximum Gasteiger partial charge on any atom is 0.222 e. The summed E-state index contributed by atoms with van der Waals surface area (Å²) in [5.74, 6) is 0.676. The molecule has 2 fully saturated rings. The normalized spacial score (nSPS) is 23.2. The van der Waals surface area contributed by atoms with Crippen molar-refractivity contribution in [2.75, 3.05) is 45.5 Å². The summed E-state index contributed by atoms with van der Waals surface area (Å²) in [6.07, 6.45) is 4.77. The van der Waals surface area contributed by atoms with E-state index in [1.807, 2.05) is 4.90 Å². The Morgan fingerprint density at radius 2 is 1.70 bits per heavy atom. The smallest absolute Gasteiger partial charge is 0.222 e. The van der Waals surface area contributed by atoms with Crippen molar-refractivity contribution in [3.63, 3.8) is 0 Å². The number of carbonyl (C=O) groups is 1. The van der Waals surface area contributed by atoms with E-state index in [4.69, 9.17) is 0 Å². The predicted octanol–water partition coefficient (Wildman–Crippen LogP) is 0.991. The van der Waals surface area contributed by atoms with Gasteiger partial charge in [-0.3, -0.25) is 4.79 Å². The minimum atomic E-state index is -3.15. The molecule has 2 heterocycles. The Balaban J connectivity index is 1.80. The molecule has 0 atom stereocenters. The van der Waals surface area contributed by atoms with Crippen LogP contribution >= 0.6 is 0 Å². The van der Waals surface area contributed by atoms with Crippen molar-refractivity contribution < 1.29 is 13.2 Å². The zero-order chi connectivity index (χ0) is 17.0. The Kier molecular flexibility index (Phi) is 6.45. The van der Waals surface area contributed by atoms with Crippen molar-refractivity contribution in [1.29, 1.82) is 0 Å². The third-order valence-electron chi connectivity index (χ3n) is 5.12. The standard InChI is InChI=1S/C16H31N3O3S/c1-14(2)17-9-5-15(6-10-17)13-16(20)18-7-4-8-19(12-11-18)23(3,21)22/h14-15H,4-13H2,1-3H3. The second-order valence-electron chi connectivity index (χ2n) is 7.17. The summed E-state index contributed by atoms with van der Waals surface area (Å²) in [4.78, 5) is 16.9. The summed E-state index contributed by atoms with van der Waals surface area (Å²) in [5.41, 5.74) is 0. The average molecular weight is 346 g/mol. The summed E-state index contributed by atoms with van der Waals surface area (Å²) >= 11 is 0. The molecule has 2 saturated heterocycles. The van der Waals surface area contributed by atoms with Crippen molar-refractivity contribution in [1.82, 2.24) is 14.1 Å². The molecule has 0 saturated carbocycles. The van der Waals surface area contributed by atoms with E-state index in [0.717, 1.165) is 32.4 Å². The lowest BCUT2D eigenvalue weighted by Gasteiger charge is -2.35. The second kappa shape index (κ2) is 7.94. The molecule has 0 N–H and O–H groups in total. The molecule has 134 valence electrons. The van der Waals surface area contributed by atoms with Gasteiger partial charge in [-0.15, -0.1) is 0 Å². The number of piperidine rings is 1. The molecule has 0 aromatic heterocycles. The van der Waals surface area contributed by atoms with Crippen LogP contribution in [-0.4, -0.2) is 80.0 Å². The van der Waals surface area contributed by atoms with Gasteiger partial charge in [0.2, 0.25) is 15.9 Å². The number of likely N-dealkylation sites (tertiary alicyclic amines) is 1. The topological polar surface area (TPSA) is 60.9 Å². The number of sulfonamides is 1. The Labute approximate surface area is 140 Å². The van der Waals surface area contributed by atoms with Crippen LogP contribution in [0.5, 0.6) is 0 Å². The summed E-state index contributed by atoms with van der Waals surface area (Å²) in [5, 5.41) is 0. The molecule has 6 nitrogen and oxygen atoms in total. The molecule has 0 spiro atoms. The van der Waals surface area contributed by atoms with Gasteiger partial charge in [0.25, 0.3) is 0 Å². The molecule has 0 radical (unpaired) electrons. The van der Waals surface area contributed by atoms with Gasteiger partial charge in [-0.1, -0.05) is 0 Å². The number of nitrogens with zero attached hydrogens (tertiary/aromatic N) is 3. The van der Waals surface area contributed by atoms with Crippen LogP contribution in [0.1, 0.15) is 39.5 Å². The molecule has 0 bridgehead atoms. The zero-order valence-corrected chi connectivity index (χ0v) is 15.5. The maximum absolute atomic E-state index is 12.5. The lowest BCUT2D eigenvalue weighted by Crippen LogP contribution is -2.41. The van der Waals surface area contributed by atoms with Gasteiger partial charge in [-0.25, -0.2) is 12.7 Å². The minimum absolute atomic E-state index is 0.198. The van der Waals surface area contributed by atoms with E-state index >= 15 is 0 Å². The molecule has 0 aliphatic carbocycles. The van der Waals surface area contributed by atoms with Crippen molar-refractivity contribution in [2.24, 2.45) is 5.92 Å². The predicted molar refractivity (Wildman–Crippen MR) is 91.7 cm³/mol. The largest absolute Gasteiger partial charge is 0.341 e. The fraction of sp³-hybridized carbons (Fsp3) is 0.938. The van der Waals surface area contributed by atoms with Crippen LogP contribution in [0.4, 0.5) is 0 Å². The third kappa shape index (κ3) is 5.43. The molecule has 23 heavy (non-hydrogen) atoms. The second-order valence-corrected chi connectivity index (χ2v) is 9.16. The summed E-state index contributed by atoms with van der Waals surface area (Å²) in [7, 11) is -3.15. The number of hydrogen-bond donors (Lipinski definition) is 0. The summed E-state index contributed by atoms with van der Waals surface area (Å²) < 4.78 is 24.8. The Morgan fingerprint density at radius 3 is 2.26 bits per heavy atom. The number of carbonyl (C=O) groups excluding carboxylic acids is 1. The molecule has 2 rings (SSSR count). The molecule has 0 unspecified atom stereocenters. The van der Waals surface area contributed by atoms with E-state index in [-0.39, 0.29) is 5.91 Å². The van der Waals surface area contributed by atoms with Crippen molar-refractivity contribution in [2.45, 2.75) is 45.6 Å². The highest BCUT2D eigenvalue weighted by atomic mass is 32.2. The first kappa shape index (κ1) is 18.7. The van der Waals surface area contributed by atoms with Crippen LogP contribution in [0, 0.1) is 5.92 Å². The molecular formula is C16H31N3O3S. The van der Waals surface area contributed by atoms with Gasteiger partial charge >= 0.3 is 0 Å². The fourth-order valence-electron chi connectivity index (χ4n) is 3.52. The first-order valence-corrected chi connectivity index (χ1v) is 10.6. The maximum atomic E-state index is 12.5. The van der Waals surface area contributed by atoms with Gasteiger partial charge < -0.3 is 9.80 Å². The Hall–Kier alpha value is -0.660. The lowest BCUT2D eigenvalue weighted by atomic mass is 9.92. The van der Waals surface area contributed by atoms with Crippen LogP contribution < -0.4 is 0 Å². The number of amides is 1. The molecule has 0 aromatic carbocycles. The molecule has 7 heteroatoms. The van der Waals surface area contributed by atoms with Crippen LogP contribution in [0.25, 0.3) is 0 Å². The SMILES string of the molecule is CC(C)N1CCC(CC(=O)N2CCCN(S(C)(=O)=O)CC2)CC1. The van der Waals surface area contributed by atoms with Gasteiger partial charge in [-0.2, -0.15) is 0 Å². The Morgan fingerprint density at radius 1 is 1.04 bits per heavy atom. The van der Waals surface area contributed by atoms with Crippen LogP contribution in [0.3, 0.4) is 0 Å². The molecule has 0 aromatic rings. The third-order valence-corrected chi connectivity index (χ3v) is 6.42. The van der Waals surface area contributed by atoms with Crippen molar-refractivity contribution >= 4 is 15.9 Å². The van der Waals surface area contributed by atoms with Gasteiger partial charge in [-0.05, 0) is 52.1 Å². The molecule has 2 aliphatic heterocycles. The fourth-order valence-corrected chi connectivity index (χ4v) is 4.40. The highest BCUT2D eigenvalue weighted by Gasteiger charge is 2.27. The van der Waals surface area contributed by atoms with E-state index < -0.39 is 10.0 Å². The van der Waals surface area contributed by atoms with E-state index in [2.05, 4.69) is 18.7 Å². The number of rotatable bonds is 4.